The topological polar surface area (TPSA) is 57.5 Å². The lowest BCUT2D eigenvalue weighted by atomic mass is 10.1. The summed E-state index contributed by atoms with van der Waals surface area (Å²) in [6.45, 7) is 5.91. The van der Waals surface area contributed by atoms with Gasteiger partial charge in [-0.1, -0.05) is 54.6 Å². The molecular formula is C25H32N6. The van der Waals surface area contributed by atoms with E-state index in [4.69, 9.17) is 0 Å². The van der Waals surface area contributed by atoms with Gasteiger partial charge in [0.05, 0.1) is 6.33 Å². The Kier molecular flexibility index (Phi) is 6.99. The van der Waals surface area contributed by atoms with E-state index in [1.165, 1.54) is 16.7 Å². The first kappa shape index (κ1) is 21.1. The van der Waals surface area contributed by atoms with Crippen LogP contribution in [-0.4, -0.2) is 46.1 Å². The van der Waals surface area contributed by atoms with Gasteiger partial charge in [0.2, 0.25) is 0 Å². The highest BCUT2D eigenvalue weighted by atomic mass is 15.3. The number of benzene rings is 2. The first-order valence-corrected chi connectivity index (χ1v) is 11.0. The molecule has 0 radical (unpaired) electrons. The molecule has 2 unspecified atom stereocenters. The second kappa shape index (κ2) is 10.3. The van der Waals surface area contributed by atoms with Gasteiger partial charge in [-0.2, -0.15) is 0 Å². The highest BCUT2D eigenvalue weighted by Crippen LogP contribution is 2.20. The Bertz CT molecular complexity index is 967. The standard InChI is InChI=1S/C25H32N6/c1-20-13-24(18-31(20)17-21-7-4-3-5-8-21)29-25(26-2)28-15-22-9-6-10-23(14-22)16-30-12-11-27-19-30/h3-12,14,19-20,24H,13,15-18H2,1-2H3,(H2,26,28,29). The van der Waals surface area contributed by atoms with Crippen LogP contribution in [-0.2, 0) is 19.6 Å². The molecule has 0 aliphatic carbocycles. The molecule has 2 heterocycles. The largest absolute Gasteiger partial charge is 0.352 e. The van der Waals surface area contributed by atoms with E-state index in [1.54, 1.807) is 0 Å². The molecule has 1 aliphatic heterocycles. The number of imidazole rings is 1. The number of hydrogen-bond acceptors (Lipinski definition) is 3. The van der Waals surface area contributed by atoms with Crippen LogP contribution in [0, 0.1) is 0 Å². The van der Waals surface area contributed by atoms with Crippen LogP contribution in [0.4, 0.5) is 0 Å². The normalized spacial score (nSPS) is 19.5. The fourth-order valence-electron chi connectivity index (χ4n) is 4.24. The van der Waals surface area contributed by atoms with E-state index >= 15 is 0 Å². The van der Waals surface area contributed by atoms with E-state index < -0.39 is 0 Å². The molecular weight excluding hydrogens is 384 g/mol. The third kappa shape index (κ3) is 5.95. The van der Waals surface area contributed by atoms with Crippen molar-refractivity contribution >= 4 is 5.96 Å². The van der Waals surface area contributed by atoms with Crippen molar-refractivity contribution in [2.75, 3.05) is 13.6 Å². The van der Waals surface area contributed by atoms with Crippen LogP contribution in [0.5, 0.6) is 0 Å². The van der Waals surface area contributed by atoms with Gasteiger partial charge >= 0.3 is 0 Å². The lowest BCUT2D eigenvalue weighted by Gasteiger charge is -2.21. The minimum Gasteiger partial charge on any atom is -0.352 e. The van der Waals surface area contributed by atoms with Crippen molar-refractivity contribution in [1.29, 1.82) is 0 Å². The average Bonchev–Trinajstić information content (AvgIpc) is 3.42. The van der Waals surface area contributed by atoms with Crippen LogP contribution in [0.15, 0.2) is 78.3 Å². The zero-order valence-corrected chi connectivity index (χ0v) is 18.4. The first-order valence-electron chi connectivity index (χ1n) is 11.0. The smallest absolute Gasteiger partial charge is 0.191 e. The van der Waals surface area contributed by atoms with Crippen LogP contribution in [0.25, 0.3) is 0 Å². The predicted octanol–water partition coefficient (Wildman–Crippen LogP) is 3.26. The molecule has 31 heavy (non-hydrogen) atoms. The molecule has 3 aromatic rings. The van der Waals surface area contributed by atoms with E-state index in [0.29, 0.717) is 12.1 Å². The molecule has 2 aromatic carbocycles. The summed E-state index contributed by atoms with van der Waals surface area (Å²) in [4.78, 5) is 11.1. The molecule has 0 spiro atoms. The van der Waals surface area contributed by atoms with Crippen molar-refractivity contribution in [3.8, 4) is 0 Å². The van der Waals surface area contributed by atoms with Crippen molar-refractivity contribution in [3.63, 3.8) is 0 Å². The summed E-state index contributed by atoms with van der Waals surface area (Å²) in [7, 11) is 1.84. The third-order valence-electron chi connectivity index (χ3n) is 5.87. The molecule has 2 atom stereocenters. The van der Waals surface area contributed by atoms with Gasteiger partial charge in [-0.15, -0.1) is 0 Å². The summed E-state index contributed by atoms with van der Waals surface area (Å²) in [5.41, 5.74) is 3.88. The molecule has 1 aliphatic rings. The first-order chi connectivity index (χ1) is 15.2. The number of likely N-dealkylation sites (tertiary alicyclic amines) is 1. The van der Waals surface area contributed by atoms with Crippen LogP contribution < -0.4 is 10.6 Å². The number of nitrogens with one attached hydrogen (secondary N) is 2. The second-order valence-corrected chi connectivity index (χ2v) is 8.32. The highest BCUT2D eigenvalue weighted by Gasteiger charge is 2.29. The van der Waals surface area contributed by atoms with Gasteiger partial charge in [0, 0.05) is 57.7 Å². The van der Waals surface area contributed by atoms with E-state index in [2.05, 4.69) is 91.6 Å². The van der Waals surface area contributed by atoms with Gasteiger partial charge in [0.1, 0.15) is 0 Å². The zero-order chi connectivity index (χ0) is 21.5. The minimum atomic E-state index is 0.400. The Morgan fingerprint density at radius 2 is 1.87 bits per heavy atom. The maximum absolute atomic E-state index is 4.45. The fourth-order valence-corrected chi connectivity index (χ4v) is 4.24. The summed E-state index contributed by atoms with van der Waals surface area (Å²) in [6, 6.07) is 20.3. The van der Waals surface area contributed by atoms with Crippen molar-refractivity contribution in [2.24, 2.45) is 4.99 Å². The number of aromatic nitrogens is 2. The molecule has 2 N–H and O–H groups in total. The fraction of sp³-hybridized carbons (Fsp3) is 0.360. The molecule has 6 heteroatoms. The van der Waals surface area contributed by atoms with Gasteiger partial charge in [-0.05, 0) is 30.0 Å². The van der Waals surface area contributed by atoms with Crippen LogP contribution >= 0.6 is 0 Å². The van der Waals surface area contributed by atoms with E-state index in [1.807, 2.05) is 25.8 Å². The monoisotopic (exact) mass is 416 g/mol. The number of nitrogens with zero attached hydrogens (tertiary/aromatic N) is 4. The third-order valence-corrected chi connectivity index (χ3v) is 5.87. The number of guanidine groups is 1. The van der Waals surface area contributed by atoms with Gasteiger partial charge in [0.25, 0.3) is 0 Å². The Balaban J connectivity index is 1.28. The number of aliphatic imine (C=N–C) groups is 1. The summed E-state index contributed by atoms with van der Waals surface area (Å²) in [5, 5.41) is 7.10. The molecule has 1 aromatic heterocycles. The van der Waals surface area contributed by atoms with Gasteiger partial charge in [-0.25, -0.2) is 4.98 Å². The molecule has 1 fully saturated rings. The molecule has 1 saturated heterocycles. The average molecular weight is 417 g/mol. The maximum Gasteiger partial charge on any atom is 0.191 e. The van der Waals surface area contributed by atoms with Crippen molar-refractivity contribution in [3.05, 3.63) is 90.0 Å². The maximum atomic E-state index is 4.45. The Morgan fingerprint density at radius 3 is 2.65 bits per heavy atom. The van der Waals surface area contributed by atoms with Gasteiger partial charge in [-0.3, -0.25) is 9.89 Å². The Labute approximate surface area is 185 Å². The Hall–Kier alpha value is -3.12. The van der Waals surface area contributed by atoms with E-state index in [-0.39, 0.29) is 0 Å². The SMILES string of the molecule is CN=C(NCc1cccc(Cn2ccnc2)c1)NC1CC(C)N(Cc2ccccc2)C1. The van der Waals surface area contributed by atoms with Crippen LogP contribution in [0.2, 0.25) is 0 Å². The van der Waals surface area contributed by atoms with Crippen molar-refractivity contribution in [2.45, 2.75) is 45.1 Å². The van der Waals surface area contributed by atoms with Crippen LogP contribution in [0.3, 0.4) is 0 Å². The summed E-state index contributed by atoms with van der Waals surface area (Å²) >= 11 is 0. The predicted molar refractivity (Wildman–Crippen MR) is 126 cm³/mol. The molecule has 162 valence electrons. The van der Waals surface area contributed by atoms with E-state index in [0.717, 1.165) is 38.6 Å². The minimum absolute atomic E-state index is 0.400. The summed E-state index contributed by atoms with van der Waals surface area (Å²) in [6.07, 6.45) is 6.76. The van der Waals surface area contributed by atoms with Crippen molar-refractivity contribution < 1.29 is 0 Å². The molecule has 0 saturated carbocycles. The number of rotatable bonds is 7. The summed E-state index contributed by atoms with van der Waals surface area (Å²) < 4.78 is 2.08. The van der Waals surface area contributed by atoms with E-state index in [9.17, 15) is 0 Å². The van der Waals surface area contributed by atoms with Crippen molar-refractivity contribution in [1.82, 2.24) is 25.1 Å². The van der Waals surface area contributed by atoms with Gasteiger partial charge < -0.3 is 15.2 Å². The molecule has 0 bridgehead atoms. The Morgan fingerprint density at radius 1 is 1.06 bits per heavy atom. The molecule has 4 rings (SSSR count). The quantitative estimate of drug-likeness (QED) is 0.459. The lowest BCUT2D eigenvalue weighted by Crippen LogP contribution is -2.44. The lowest BCUT2D eigenvalue weighted by molar-refractivity contribution is 0.258. The summed E-state index contributed by atoms with van der Waals surface area (Å²) in [5.74, 6) is 0.860. The molecule has 0 amide bonds. The van der Waals surface area contributed by atoms with Crippen LogP contribution in [0.1, 0.15) is 30.0 Å². The molecule has 6 nitrogen and oxygen atoms in total. The van der Waals surface area contributed by atoms with Gasteiger partial charge in [0.15, 0.2) is 5.96 Å². The zero-order valence-electron chi connectivity index (χ0n) is 18.4. The second-order valence-electron chi connectivity index (χ2n) is 8.32. The number of hydrogen-bond donors (Lipinski definition) is 2. The highest BCUT2D eigenvalue weighted by molar-refractivity contribution is 5.80.